The predicted molar refractivity (Wildman–Crippen MR) is 106 cm³/mol. The number of hydrogen-bond donors (Lipinski definition) is 5. The topological polar surface area (TPSA) is 108 Å². The van der Waals surface area contributed by atoms with Crippen molar-refractivity contribution in [1.82, 2.24) is 10.5 Å². The van der Waals surface area contributed by atoms with Crippen molar-refractivity contribution in [3.63, 3.8) is 0 Å². The largest absolute Gasteiger partial charge is 0.508 e. The van der Waals surface area contributed by atoms with Gasteiger partial charge in [0.25, 0.3) is 0 Å². The van der Waals surface area contributed by atoms with Gasteiger partial charge in [-0.3, -0.25) is 5.84 Å². The molecule has 144 valence electrons. The van der Waals surface area contributed by atoms with E-state index in [2.05, 4.69) is 5.43 Å². The van der Waals surface area contributed by atoms with Gasteiger partial charge in [-0.1, -0.05) is 24.3 Å². The Morgan fingerprint density at radius 3 is 1.67 bits per heavy atom. The van der Waals surface area contributed by atoms with Gasteiger partial charge in [0.1, 0.15) is 11.5 Å². The van der Waals surface area contributed by atoms with E-state index in [9.17, 15) is 10.2 Å². The lowest BCUT2D eigenvalue weighted by Gasteiger charge is -2.26. The van der Waals surface area contributed by atoms with E-state index in [1.807, 2.05) is 24.3 Å². The van der Waals surface area contributed by atoms with Crippen molar-refractivity contribution in [3.05, 3.63) is 72.1 Å². The second-order valence-corrected chi connectivity index (χ2v) is 7.10. The van der Waals surface area contributed by atoms with Gasteiger partial charge < -0.3 is 21.4 Å². The average molecular weight is 368 g/mol. The van der Waals surface area contributed by atoms with Crippen molar-refractivity contribution >= 4 is 0 Å². The molecule has 2 atom stereocenters. The molecule has 27 heavy (non-hydrogen) atoms. The average Bonchev–Trinajstić information content (AvgIpc) is 2.90. The number of nitrogens with zero attached hydrogens (tertiary/aromatic N) is 1. The Labute approximate surface area is 160 Å². The summed E-state index contributed by atoms with van der Waals surface area (Å²) in [4.78, 5) is 0. The maximum atomic E-state index is 9.65. The normalized spacial score (nSPS) is 23.4. The molecule has 2 aromatic rings. The SMILES string of the molecule is N/C=C/NN(N)C1CCC(c2ccc(O)cc2)C(c2ccc(O)cc2)CC1. The lowest BCUT2D eigenvalue weighted by molar-refractivity contribution is 0.137. The monoisotopic (exact) mass is 368 g/mol. The minimum absolute atomic E-state index is 0.197. The van der Waals surface area contributed by atoms with Crippen molar-refractivity contribution in [1.29, 1.82) is 0 Å². The molecular weight excluding hydrogens is 340 g/mol. The number of hydrazine groups is 2. The number of hydrogen-bond acceptors (Lipinski definition) is 6. The first kappa shape index (κ1) is 19.1. The van der Waals surface area contributed by atoms with E-state index < -0.39 is 0 Å². The first-order chi connectivity index (χ1) is 13.1. The van der Waals surface area contributed by atoms with Gasteiger partial charge in [0.05, 0.1) is 0 Å². The quantitative estimate of drug-likeness (QED) is 0.315. The van der Waals surface area contributed by atoms with Crippen molar-refractivity contribution in [3.8, 4) is 11.5 Å². The zero-order chi connectivity index (χ0) is 19.2. The molecule has 0 heterocycles. The third-order valence-electron chi connectivity index (χ3n) is 5.46. The standard InChI is InChI=1S/C21H28N4O2/c22-13-14-24-25(23)17-5-11-20(15-1-7-18(26)8-2-15)21(12-6-17)16-3-9-19(27)10-4-16/h1-4,7-10,13-14,17,20-21,24,26-27H,5-6,11-12,22-23H2/b14-13+. The lowest BCUT2D eigenvalue weighted by Crippen LogP contribution is -2.48. The maximum absolute atomic E-state index is 9.65. The summed E-state index contributed by atoms with van der Waals surface area (Å²) in [6, 6.07) is 15.2. The zero-order valence-electron chi connectivity index (χ0n) is 15.3. The van der Waals surface area contributed by atoms with Gasteiger partial charge in [0.2, 0.25) is 0 Å². The molecule has 1 aliphatic rings. The molecule has 0 saturated heterocycles. The van der Waals surface area contributed by atoms with E-state index in [4.69, 9.17) is 11.6 Å². The van der Waals surface area contributed by atoms with Crippen molar-refractivity contribution in [2.45, 2.75) is 43.6 Å². The van der Waals surface area contributed by atoms with Gasteiger partial charge in [-0.15, -0.1) is 0 Å². The van der Waals surface area contributed by atoms with Crippen LogP contribution in [0, 0.1) is 0 Å². The Bertz CT molecular complexity index is 690. The summed E-state index contributed by atoms with van der Waals surface area (Å²) in [5.41, 5.74) is 10.8. The minimum Gasteiger partial charge on any atom is -0.508 e. The number of rotatable bonds is 5. The highest BCUT2D eigenvalue weighted by Gasteiger charge is 2.31. The Hall–Kier alpha value is -2.70. The minimum atomic E-state index is 0.197. The van der Waals surface area contributed by atoms with Crippen LogP contribution in [-0.2, 0) is 0 Å². The number of phenolic OH excluding ortho intramolecular Hbond substituents is 2. The molecule has 1 fully saturated rings. The maximum Gasteiger partial charge on any atom is 0.115 e. The van der Waals surface area contributed by atoms with Crippen molar-refractivity contribution < 1.29 is 10.2 Å². The van der Waals surface area contributed by atoms with Crippen LogP contribution in [0.25, 0.3) is 0 Å². The van der Waals surface area contributed by atoms with Crippen LogP contribution in [0.15, 0.2) is 60.9 Å². The Morgan fingerprint density at radius 2 is 1.26 bits per heavy atom. The van der Waals surface area contributed by atoms with Gasteiger partial charge in [-0.05, 0) is 72.9 Å². The van der Waals surface area contributed by atoms with Crippen LogP contribution >= 0.6 is 0 Å². The molecule has 0 spiro atoms. The highest BCUT2D eigenvalue weighted by Crippen LogP contribution is 2.43. The highest BCUT2D eigenvalue weighted by molar-refractivity contribution is 5.35. The van der Waals surface area contributed by atoms with E-state index in [0.717, 1.165) is 25.7 Å². The lowest BCUT2D eigenvalue weighted by atomic mass is 9.78. The summed E-state index contributed by atoms with van der Waals surface area (Å²) < 4.78 is 0. The predicted octanol–water partition coefficient (Wildman–Crippen LogP) is 3.02. The molecule has 6 heteroatoms. The number of nitrogens with one attached hydrogen (secondary N) is 1. The molecule has 0 bridgehead atoms. The third-order valence-corrected chi connectivity index (χ3v) is 5.46. The molecule has 7 N–H and O–H groups in total. The summed E-state index contributed by atoms with van der Waals surface area (Å²) in [7, 11) is 0. The smallest absolute Gasteiger partial charge is 0.115 e. The summed E-state index contributed by atoms with van der Waals surface area (Å²) in [5, 5.41) is 20.9. The second kappa shape index (κ2) is 8.79. The van der Waals surface area contributed by atoms with Gasteiger partial charge in [0, 0.05) is 18.4 Å². The number of benzene rings is 2. The molecule has 0 amide bonds. The number of aromatic hydroxyl groups is 2. The van der Waals surface area contributed by atoms with E-state index in [1.54, 1.807) is 35.6 Å². The third kappa shape index (κ3) is 4.72. The molecule has 0 aromatic heterocycles. The van der Waals surface area contributed by atoms with Crippen LogP contribution in [0.5, 0.6) is 11.5 Å². The molecule has 2 unspecified atom stereocenters. The molecule has 1 aliphatic carbocycles. The molecular formula is C21H28N4O2. The Kier molecular flexibility index (Phi) is 6.21. The summed E-state index contributed by atoms with van der Waals surface area (Å²) >= 11 is 0. The van der Waals surface area contributed by atoms with Crippen LogP contribution < -0.4 is 17.0 Å². The zero-order valence-corrected chi connectivity index (χ0v) is 15.3. The van der Waals surface area contributed by atoms with Crippen LogP contribution in [-0.4, -0.2) is 21.4 Å². The Morgan fingerprint density at radius 1 is 0.815 bits per heavy atom. The number of phenols is 2. The fourth-order valence-corrected chi connectivity index (χ4v) is 4.04. The molecule has 3 rings (SSSR count). The van der Waals surface area contributed by atoms with E-state index in [0.29, 0.717) is 11.8 Å². The van der Waals surface area contributed by atoms with E-state index in [-0.39, 0.29) is 17.5 Å². The van der Waals surface area contributed by atoms with Gasteiger partial charge in [-0.25, -0.2) is 0 Å². The van der Waals surface area contributed by atoms with Crippen molar-refractivity contribution in [2.75, 3.05) is 0 Å². The second-order valence-electron chi connectivity index (χ2n) is 7.10. The van der Waals surface area contributed by atoms with Crippen LogP contribution in [0.4, 0.5) is 0 Å². The summed E-state index contributed by atoms with van der Waals surface area (Å²) in [5.74, 6) is 7.35. The Balaban J connectivity index is 1.86. The van der Waals surface area contributed by atoms with E-state index >= 15 is 0 Å². The van der Waals surface area contributed by atoms with Crippen LogP contribution in [0.1, 0.15) is 48.6 Å². The molecule has 0 radical (unpaired) electrons. The molecule has 1 saturated carbocycles. The van der Waals surface area contributed by atoms with Gasteiger partial charge in [-0.2, -0.15) is 5.12 Å². The van der Waals surface area contributed by atoms with Gasteiger partial charge in [0.15, 0.2) is 0 Å². The molecule has 6 nitrogen and oxygen atoms in total. The highest BCUT2D eigenvalue weighted by atomic mass is 16.3. The first-order valence-electron chi connectivity index (χ1n) is 9.33. The fourth-order valence-electron chi connectivity index (χ4n) is 4.04. The molecule has 0 aliphatic heterocycles. The van der Waals surface area contributed by atoms with Crippen molar-refractivity contribution in [2.24, 2.45) is 11.6 Å². The fraction of sp³-hybridized carbons (Fsp3) is 0.333. The van der Waals surface area contributed by atoms with E-state index in [1.165, 1.54) is 17.3 Å². The molecule has 2 aromatic carbocycles. The summed E-state index contributed by atoms with van der Waals surface area (Å²) in [6.45, 7) is 0. The number of nitrogens with two attached hydrogens (primary N) is 2. The summed E-state index contributed by atoms with van der Waals surface area (Å²) in [6.07, 6.45) is 6.89. The van der Waals surface area contributed by atoms with Crippen LogP contribution in [0.2, 0.25) is 0 Å². The van der Waals surface area contributed by atoms with Crippen LogP contribution in [0.3, 0.4) is 0 Å². The first-order valence-corrected chi connectivity index (χ1v) is 9.33. The van der Waals surface area contributed by atoms with Gasteiger partial charge >= 0.3 is 0 Å².